The molecule has 0 unspecified atom stereocenters. The first-order valence-corrected chi connectivity index (χ1v) is 9.12. The van der Waals surface area contributed by atoms with E-state index >= 15 is 0 Å². The van der Waals surface area contributed by atoms with Gasteiger partial charge in [0, 0.05) is 41.3 Å². The van der Waals surface area contributed by atoms with Crippen LogP contribution in [-0.4, -0.2) is 20.8 Å². The normalized spacial score (nSPS) is 19.8. The lowest BCUT2D eigenvalue weighted by atomic mass is 9.98. The van der Waals surface area contributed by atoms with Gasteiger partial charge in [-0.05, 0) is 74.2 Å². The number of aliphatic hydroxyl groups is 1. The summed E-state index contributed by atoms with van der Waals surface area (Å²) in [5.41, 5.74) is 7.46. The van der Waals surface area contributed by atoms with Gasteiger partial charge in [-0.1, -0.05) is 0 Å². The Hall–Kier alpha value is -2.64. The summed E-state index contributed by atoms with van der Waals surface area (Å²) in [4.78, 5) is 8.10. The summed E-state index contributed by atoms with van der Waals surface area (Å²) in [5, 5.41) is 11.1. The predicted octanol–water partition coefficient (Wildman–Crippen LogP) is 5.27. The van der Waals surface area contributed by atoms with E-state index in [-0.39, 0.29) is 6.10 Å². The Bertz CT molecular complexity index is 1040. The molecule has 1 aliphatic carbocycles. The van der Waals surface area contributed by atoms with Gasteiger partial charge < -0.3 is 9.67 Å². The third-order valence-electron chi connectivity index (χ3n) is 5.80. The monoisotopic (exact) mass is 345 g/mol. The van der Waals surface area contributed by atoms with E-state index in [0.717, 1.165) is 52.4 Å². The van der Waals surface area contributed by atoms with Crippen LogP contribution in [0.2, 0.25) is 0 Å². The highest BCUT2D eigenvalue weighted by Crippen LogP contribution is 2.41. The van der Waals surface area contributed by atoms with E-state index < -0.39 is 0 Å². The van der Waals surface area contributed by atoms with Crippen LogP contribution in [0.25, 0.3) is 26.9 Å². The third-order valence-corrected chi connectivity index (χ3v) is 5.80. The Labute approximate surface area is 153 Å². The fraction of sp³-hybridized carbons (Fsp3) is 0.364. The Morgan fingerprint density at radius 3 is 2.62 bits per heavy atom. The number of pyridine rings is 1. The molecule has 4 rings (SSSR count). The summed E-state index contributed by atoms with van der Waals surface area (Å²) in [6.45, 7) is 13.7. The average Bonchev–Trinajstić information content (AvgIpc) is 3.20. The lowest BCUT2D eigenvalue weighted by molar-refractivity contribution is 0.178. The summed E-state index contributed by atoms with van der Waals surface area (Å²) in [7, 11) is 0. The molecule has 0 radical (unpaired) electrons. The van der Waals surface area contributed by atoms with E-state index in [4.69, 9.17) is 6.57 Å². The Balaban J connectivity index is 2.01. The molecular weight excluding hydrogens is 322 g/mol. The largest absolute Gasteiger partial charge is 0.393 e. The van der Waals surface area contributed by atoms with Gasteiger partial charge in [0.25, 0.3) is 0 Å². The first-order chi connectivity index (χ1) is 12.5. The van der Waals surface area contributed by atoms with Crippen LogP contribution < -0.4 is 0 Å². The van der Waals surface area contributed by atoms with Crippen LogP contribution in [0.3, 0.4) is 0 Å². The van der Waals surface area contributed by atoms with Crippen LogP contribution in [0.5, 0.6) is 0 Å². The minimum Gasteiger partial charge on any atom is -0.393 e. The maximum atomic E-state index is 10.0. The third kappa shape index (κ3) is 2.60. The molecule has 2 atom stereocenters. The molecule has 3 aromatic rings. The molecule has 2 aromatic heterocycles. The molecule has 1 saturated carbocycles. The van der Waals surface area contributed by atoms with Crippen LogP contribution in [-0.2, 0) is 0 Å². The number of aromatic nitrogens is 2. The maximum Gasteiger partial charge on any atom is 0.190 e. The summed E-state index contributed by atoms with van der Waals surface area (Å²) in [6.07, 6.45) is 8.42. The number of rotatable bonds is 2. The predicted molar refractivity (Wildman–Crippen MR) is 105 cm³/mol. The second-order valence-corrected chi connectivity index (χ2v) is 7.47. The fourth-order valence-corrected chi connectivity index (χ4v) is 4.11. The number of fused-ring (bicyclic) bond motifs is 1. The number of hydrogen-bond donors (Lipinski definition) is 1. The summed E-state index contributed by atoms with van der Waals surface area (Å²) < 4.78 is 2.31. The molecule has 1 N–H and O–H groups in total. The highest BCUT2D eigenvalue weighted by atomic mass is 16.3. The van der Waals surface area contributed by atoms with Gasteiger partial charge in [0.2, 0.25) is 0 Å². The topological polar surface area (TPSA) is 42.4 Å². The number of nitrogens with zero attached hydrogens (tertiary/aromatic N) is 3. The quantitative estimate of drug-likeness (QED) is 0.643. The first kappa shape index (κ1) is 16.8. The minimum atomic E-state index is -0.216. The molecule has 1 fully saturated rings. The number of aliphatic hydroxyl groups excluding tert-OH is 1. The molecule has 2 heterocycles. The second kappa shape index (κ2) is 6.26. The fourth-order valence-electron chi connectivity index (χ4n) is 4.11. The van der Waals surface area contributed by atoms with Gasteiger partial charge >= 0.3 is 0 Å². The van der Waals surface area contributed by atoms with Gasteiger partial charge in [0.15, 0.2) is 5.69 Å². The van der Waals surface area contributed by atoms with Crippen LogP contribution in [0.15, 0.2) is 30.7 Å². The van der Waals surface area contributed by atoms with Crippen molar-refractivity contribution in [2.24, 2.45) is 0 Å². The summed E-state index contributed by atoms with van der Waals surface area (Å²) in [6, 6.07) is 4.43. The lowest BCUT2D eigenvalue weighted by Gasteiger charge is -2.14. The molecule has 132 valence electrons. The van der Waals surface area contributed by atoms with Gasteiger partial charge in [0.1, 0.15) is 0 Å². The van der Waals surface area contributed by atoms with Crippen molar-refractivity contribution in [2.75, 3.05) is 0 Å². The van der Waals surface area contributed by atoms with Crippen molar-refractivity contribution in [3.8, 4) is 11.1 Å². The number of aryl methyl sites for hydroxylation is 2. The standard InChI is InChI=1S/C22H23N3O/c1-13-7-22-18(9-21(13)23-4)20(19-11-24-10-14(2)15(19)3)12-25(22)16-5-6-17(26)8-16/h7,9-12,16-17,26H,5-6,8H2,1-3H3/t16-,17+/m1/s1. The highest BCUT2D eigenvalue weighted by molar-refractivity contribution is 5.99. The zero-order valence-corrected chi connectivity index (χ0v) is 15.5. The number of benzene rings is 1. The molecule has 0 bridgehead atoms. The van der Waals surface area contributed by atoms with Crippen molar-refractivity contribution >= 4 is 16.6 Å². The molecule has 1 aliphatic rings. The zero-order valence-electron chi connectivity index (χ0n) is 15.5. The highest BCUT2D eigenvalue weighted by Gasteiger charge is 2.26. The molecule has 4 heteroatoms. The van der Waals surface area contributed by atoms with Gasteiger partial charge in [0.05, 0.1) is 12.7 Å². The van der Waals surface area contributed by atoms with Crippen LogP contribution in [0, 0.1) is 27.3 Å². The van der Waals surface area contributed by atoms with Crippen molar-refractivity contribution in [1.82, 2.24) is 9.55 Å². The number of hydrogen-bond acceptors (Lipinski definition) is 2. The Morgan fingerprint density at radius 1 is 1.12 bits per heavy atom. The summed E-state index contributed by atoms with van der Waals surface area (Å²) >= 11 is 0. The van der Waals surface area contributed by atoms with E-state index in [0.29, 0.717) is 11.7 Å². The van der Waals surface area contributed by atoms with Crippen molar-refractivity contribution in [2.45, 2.75) is 52.2 Å². The van der Waals surface area contributed by atoms with E-state index in [1.165, 1.54) is 5.56 Å². The molecule has 26 heavy (non-hydrogen) atoms. The molecule has 0 aliphatic heterocycles. The smallest absolute Gasteiger partial charge is 0.190 e. The molecule has 0 spiro atoms. The van der Waals surface area contributed by atoms with Crippen LogP contribution in [0.1, 0.15) is 42.0 Å². The van der Waals surface area contributed by atoms with Gasteiger partial charge in [-0.15, -0.1) is 0 Å². The lowest BCUT2D eigenvalue weighted by Crippen LogP contribution is -2.06. The van der Waals surface area contributed by atoms with Crippen LogP contribution >= 0.6 is 0 Å². The SMILES string of the molecule is [C-]#[N+]c1cc2c(-c3cncc(C)c3C)cn([C@@H]3CC[C@H](O)C3)c2cc1C. The average molecular weight is 345 g/mol. The van der Waals surface area contributed by atoms with Crippen molar-refractivity contribution in [3.63, 3.8) is 0 Å². The molecule has 4 nitrogen and oxygen atoms in total. The van der Waals surface area contributed by atoms with Crippen molar-refractivity contribution in [1.29, 1.82) is 0 Å². The van der Waals surface area contributed by atoms with Gasteiger partial charge in [-0.2, -0.15) is 0 Å². The van der Waals surface area contributed by atoms with E-state index in [2.05, 4.69) is 40.5 Å². The van der Waals surface area contributed by atoms with Crippen LogP contribution in [0.4, 0.5) is 5.69 Å². The van der Waals surface area contributed by atoms with E-state index in [1.54, 1.807) is 0 Å². The van der Waals surface area contributed by atoms with Gasteiger partial charge in [-0.25, -0.2) is 4.85 Å². The zero-order chi connectivity index (χ0) is 18.4. The Kier molecular flexibility index (Phi) is 4.05. The van der Waals surface area contributed by atoms with Crippen molar-refractivity contribution < 1.29 is 5.11 Å². The van der Waals surface area contributed by atoms with E-state index in [1.807, 2.05) is 25.4 Å². The van der Waals surface area contributed by atoms with Crippen molar-refractivity contribution in [3.05, 3.63) is 58.8 Å². The van der Waals surface area contributed by atoms with Gasteiger partial charge in [-0.3, -0.25) is 4.98 Å². The molecule has 0 saturated heterocycles. The second-order valence-electron chi connectivity index (χ2n) is 7.47. The Morgan fingerprint density at radius 2 is 1.92 bits per heavy atom. The maximum absolute atomic E-state index is 10.0. The summed E-state index contributed by atoms with van der Waals surface area (Å²) in [5.74, 6) is 0. The molecule has 1 aromatic carbocycles. The minimum absolute atomic E-state index is 0.216. The first-order valence-electron chi connectivity index (χ1n) is 9.12. The molecular formula is C22H23N3O. The van der Waals surface area contributed by atoms with E-state index in [9.17, 15) is 5.11 Å². The molecule has 0 amide bonds.